The maximum Gasteiger partial charge on any atom is 0.261 e. The zero-order chi connectivity index (χ0) is 15.1. The van der Waals surface area contributed by atoms with E-state index in [9.17, 15) is 4.79 Å². The lowest BCUT2D eigenvalue weighted by Gasteiger charge is -2.05. The van der Waals surface area contributed by atoms with E-state index in [1.807, 2.05) is 24.3 Å². The summed E-state index contributed by atoms with van der Waals surface area (Å²) in [6.45, 7) is 0.722. The molecule has 7 heteroatoms. The number of thiophene rings is 1. The van der Waals surface area contributed by atoms with Crippen LogP contribution in [0.5, 0.6) is 5.75 Å². The summed E-state index contributed by atoms with van der Waals surface area (Å²) in [5, 5.41) is 6.32. The molecule has 1 heterocycles. The van der Waals surface area contributed by atoms with Gasteiger partial charge in [-0.2, -0.15) is 0 Å². The van der Waals surface area contributed by atoms with Crippen LogP contribution in [0.25, 0.3) is 10.4 Å². The highest BCUT2D eigenvalue weighted by molar-refractivity contribution is 7.14. The minimum Gasteiger partial charge on any atom is -0.497 e. The summed E-state index contributed by atoms with van der Waals surface area (Å²) in [6, 6.07) is 11.0. The van der Waals surface area contributed by atoms with Gasteiger partial charge in [0.2, 0.25) is 0 Å². The molecule has 6 nitrogen and oxygen atoms in total. The molecule has 0 radical (unpaired) electrons. The number of nitrogens with one attached hydrogen (secondary N) is 1. The molecule has 108 valence electrons. The van der Waals surface area contributed by atoms with E-state index in [2.05, 4.69) is 15.3 Å². The maximum absolute atomic E-state index is 12.0. The average Bonchev–Trinajstić information content (AvgIpc) is 3.00. The number of rotatable bonds is 6. The molecule has 1 amide bonds. The van der Waals surface area contributed by atoms with E-state index in [0.29, 0.717) is 11.4 Å². The van der Waals surface area contributed by atoms with Crippen molar-refractivity contribution in [2.75, 3.05) is 7.11 Å². The Labute approximate surface area is 126 Å². The summed E-state index contributed by atoms with van der Waals surface area (Å²) in [6.07, 6.45) is 0. The third-order valence-electron chi connectivity index (χ3n) is 2.79. The predicted octanol–water partition coefficient (Wildman–Crippen LogP) is 3.50. The molecule has 2 rings (SSSR count). The van der Waals surface area contributed by atoms with Crippen LogP contribution >= 0.6 is 11.3 Å². The van der Waals surface area contributed by atoms with Crippen molar-refractivity contribution in [1.29, 1.82) is 0 Å². The van der Waals surface area contributed by atoms with E-state index >= 15 is 0 Å². The molecule has 2 aromatic rings. The first kappa shape index (κ1) is 14.9. The van der Waals surface area contributed by atoms with Crippen molar-refractivity contribution in [2.24, 2.45) is 5.11 Å². The number of ether oxygens (including phenoxy) is 1. The number of carbonyl (C=O) groups is 1. The molecule has 0 aliphatic carbocycles. The van der Waals surface area contributed by atoms with Gasteiger partial charge in [-0.15, -0.1) is 11.3 Å². The first-order chi connectivity index (χ1) is 10.2. The van der Waals surface area contributed by atoms with Gasteiger partial charge >= 0.3 is 0 Å². The molecule has 0 saturated carbocycles. The number of azide groups is 1. The molecule has 0 saturated heterocycles. The van der Waals surface area contributed by atoms with Crippen molar-refractivity contribution in [2.45, 2.75) is 13.1 Å². The third-order valence-corrected chi connectivity index (χ3v) is 3.86. The van der Waals surface area contributed by atoms with Gasteiger partial charge in [0, 0.05) is 16.3 Å². The fourth-order valence-corrected chi connectivity index (χ4v) is 2.54. The molecule has 0 unspecified atom stereocenters. The largest absolute Gasteiger partial charge is 0.497 e. The van der Waals surface area contributed by atoms with E-state index in [4.69, 9.17) is 10.3 Å². The first-order valence-electron chi connectivity index (χ1n) is 6.23. The number of methoxy groups -OCH3 is 1. The quantitative estimate of drug-likeness (QED) is 0.503. The predicted molar refractivity (Wildman–Crippen MR) is 81.3 cm³/mol. The molecule has 0 aliphatic rings. The summed E-state index contributed by atoms with van der Waals surface area (Å²) in [5.41, 5.74) is 9.26. The smallest absolute Gasteiger partial charge is 0.261 e. The topological polar surface area (TPSA) is 87.1 Å². The Hall–Kier alpha value is -2.50. The van der Waals surface area contributed by atoms with E-state index < -0.39 is 0 Å². The second-order valence-corrected chi connectivity index (χ2v) is 5.35. The molecule has 0 atom stereocenters. The molecular weight excluding hydrogens is 288 g/mol. The molecule has 0 bridgehead atoms. The van der Waals surface area contributed by atoms with Crippen molar-refractivity contribution >= 4 is 17.2 Å². The first-order valence-corrected chi connectivity index (χ1v) is 7.05. The van der Waals surface area contributed by atoms with Crippen LogP contribution in [0.2, 0.25) is 0 Å². The van der Waals surface area contributed by atoms with Crippen molar-refractivity contribution in [3.8, 4) is 5.75 Å². The van der Waals surface area contributed by atoms with Crippen LogP contribution in [0.4, 0.5) is 0 Å². The van der Waals surface area contributed by atoms with E-state index in [-0.39, 0.29) is 12.5 Å². The molecule has 1 N–H and O–H groups in total. The molecular formula is C14H14N4O2S. The molecule has 21 heavy (non-hydrogen) atoms. The van der Waals surface area contributed by atoms with Crippen LogP contribution in [0.15, 0.2) is 41.5 Å². The van der Waals surface area contributed by atoms with Crippen LogP contribution < -0.4 is 10.1 Å². The average molecular weight is 302 g/mol. The van der Waals surface area contributed by atoms with E-state index in [1.165, 1.54) is 11.3 Å². The lowest BCUT2D eigenvalue weighted by Crippen LogP contribution is -2.21. The van der Waals surface area contributed by atoms with Crippen LogP contribution in [0.1, 0.15) is 20.1 Å². The third kappa shape index (κ3) is 4.24. The number of nitrogens with zero attached hydrogens (tertiary/aromatic N) is 3. The standard InChI is InChI=1S/C14H14N4O2S/c1-20-11-4-2-10(3-5-11)8-16-14(19)13-7-6-12(21-13)9-17-18-15/h2-7H,8-9H2,1H3,(H,16,19). The Morgan fingerprint density at radius 1 is 1.33 bits per heavy atom. The fraction of sp³-hybridized carbons (Fsp3) is 0.214. The number of amides is 1. The monoisotopic (exact) mass is 302 g/mol. The Morgan fingerprint density at radius 3 is 2.76 bits per heavy atom. The lowest BCUT2D eigenvalue weighted by atomic mass is 10.2. The summed E-state index contributed by atoms with van der Waals surface area (Å²) in [7, 11) is 1.61. The number of benzene rings is 1. The lowest BCUT2D eigenvalue weighted by molar-refractivity contribution is 0.0955. The maximum atomic E-state index is 12.0. The van der Waals surface area contributed by atoms with Crippen LogP contribution in [0.3, 0.4) is 0 Å². The highest BCUT2D eigenvalue weighted by Gasteiger charge is 2.08. The van der Waals surface area contributed by atoms with Gasteiger partial charge in [0.05, 0.1) is 18.5 Å². The SMILES string of the molecule is COc1ccc(CNC(=O)c2ccc(CN=[N+]=[N-])s2)cc1. The van der Waals surface area contributed by atoms with Gasteiger partial charge in [-0.1, -0.05) is 17.2 Å². The molecule has 0 fully saturated rings. The Balaban J connectivity index is 1.91. The van der Waals surface area contributed by atoms with Crippen molar-refractivity contribution in [3.05, 3.63) is 62.2 Å². The number of carbonyl (C=O) groups excluding carboxylic acids is 1. The van der Waals surface area contributed by atoms with Gasteiger partial charge in [-0.25, -0.2) is 0 Å². The second kappa shape index (κ2) is 7.33. The van der Waals surface area contributed by atoms with Gasteiger partial charge in [0.25, 0.3) is 5.91 Å². The summed E-state index contributed by atoms with van der Waals surface area (Å²) in [4.78, 5) is 16.2. The minimum absolute atomic E-state index is 0.136. The van der Waals surface area contributed by atoms with Gasteiger partial charge < -0.3 is 10.1 Å². The van der Waals surface area contributed by atoms with Crippen molar-refractivity contribution in [3.63, 3.8) is 0 Å². The van der Waals surface area contributed by atoms with Gasteiger partial charge in [0.15, 0.2) is 0 Å². The van der Waals surface area contributed by atoms with E-state index in [0.717, 1.165) is 16.2 Å². The fourth-order valence-electron chi connectivity index (χ4n) is 1.70. The summed E-state index contributed by atoms with van der Waals surface area (Å²) < 4.78 is 5.08. The zero-order valence-electron chi connectivity index (χ0n) is 11.4. The van der Waals surface area contributed by atoms with E-state index in [1.54, 1.807) is 19.2 Å². The van der Waals surface area contributed by atoms with Crippen LogP contribution in [0, 0.1) is 0 Å². The minimum atomic E-state index is -0.136. The van der Waals surface area contributed by atoms with Crippen molar-refractivity contribution in [1.82, 2.24) is 5.32 Å². The Morgan fingerprint density at radius 2 is 2.10 bits per heavy atom. The zero-order valence-corrected chi connectivity index (χ0v) is 12.3. The Bertz CT molecular complexity index is 660. The normalized spacial score (nSPS) is 9.76. The summed E-state index contributed by atoms with van der Waals surface area (Å²) in [5.74, 6) is 0.647. The molecule has 1 aromatic carbocycles. The van der Waals surface area contributed by atoms with Gasteiger partial charge in [-0.3, -0.25) is 4.79 Å². The number of hydrogen-bond acceptors (Lipinski definition) is 4. The van der Waals surface area contributed by atoms with Crippen molar-refractivity contribution < 1.29 is 9.53 Å². The Kier molecular flexibility index (Phi) is 5.20. The number of hydrogen-bond donors (Lipinski definition) is 1. The molecule has 0 spiro atoms. The highest BCUT2D eigenvalue weighted by Crippen LogP contribution is 2.17. The van der Waals surface area contributed by atoms with Crippen LogP contribution in [-0.2, 0) is 13.1 Å². The highest BCUT2D eigenvalue weighted by atomic mass is 32.1. The van der Waals surface area contributed by atoms with Gasteiger partial charge in [-0.05, 0) is 35.4 Å². The van der Waals surface area contributed by atoms with Gasteiger partial charge in [0.1, 0.15) is 5.75 Å². The summed E-state index contributed by atoms with van der Waals surface area (Å²) >= 11 is 1.33. The second-order valence-electron chi connectivity index (χ2n) is 4.19. The molecule has 1 aromatic heterocycles. The molecule has 0 aliphatic heterocycles. The van der Waals surface area contributed by atoms with Crippen LogP contribution in [-0.4, -0.2) is 13.0 Å².